The van der Waals surface area contributed by atoms with Crippen LogP contribution in [0.3, 0.4) is 0 Å². The molecule has 29 heavy (non-hydrogen) atoms. The molecule has 0 fully saturated rings. The van der Waals surface area contributed by atoms with Gasteiger partial charge in [-0.05, 0) is 43.2 Å². The van der Waals surface area contributed by atoms with Crippen molar-refractivity contribution in [1.82, 2.24) is 20.2 Å². The molecule has 0 atom stereocenters. The van der Waals surface area contributed by atoms with E-state index in [0.29, 0.717) is 5.82 Å². The van der Waals surface area contributed by atoms with E-state index in [4.69, 9.17) is 0 Å². The van der Waals surface area contributed by atoms with Gasteiger partial charge in [-0.3, -0.25) is 15.1 Å². The molecule has 0 aliphatic carbocycles. The Hall–Kier alpha value is -3.62. The summed E-state index contributed by atoms with van der Waals surface area (Å²) in [7, 11) is 0. The molecule has 3 aromatic rings. The fourth-order valence-electron chi connectivity index (χ4n) is 2.15. The summed E-state index contributed by atoms with van der Waals surface area (Å²) < 4.78 is 35.6. The Morgan fingerprint density at radius 2 is 1.83 bits per heavy atom. The normalized spacial score (nSPS) is 10.5. The fourth-order valence-corrected chi connectivity index (χ4v) is 2.15. The third-order valence-corrected chi connectivity index (χ3v) is 3.51. The van der Waals surface area contributed by atoms with Crippen LogP contribution in [0, 0.1) is 6.92 Å². The smallest absolute Gasteiger partial charge is 0.341 e. The van der Waals surface area contributed by atoms with Gasteiger partial charge in [-0.2, -0.15) is 18.3 Å². The molecule has 0 spiro atoms. The van der Waals surface area contributed by atoms with Gasteiger partial charge in [0.15, 0.2) is 0 Å². The maximum absolute atomic E-state index is 11.9. The number of anilines is 2. The van der Waals surface area contributed by atoms with E-state index in [2.05, 4.69) is 44.0 Å². The van der Waals surface area contributed by atoms with Crippen molar-refractivity contribution >= 4 is 16.9 Å². The van der Waals surface area contributed by atoms with Crippen LogP contribution in [0.5, 0.6) is 0 Å². The van der Waals surface area contributed by atoms with Crippen LogP contribution in [0.1, 0.15) is 23.9 Å². The maximum atomic E-state index is 11.9. The van der Waals surface area contributed by atoms with E-state index in [1.165, 1.54) is 12.3 Å². The highest BCUT2D eigenvalue weighted by atomic mass is 19.4. The summed E-state index contributed by atoms with van der Waals surface area (Å²) >= 11 is 0. The molecule has 0 saturated carbocycles. The van der Waals surface area contributed by atoms with Crippen molar-refractivity contribution in [2.24, 2.45) is 0 Å². The number of pyridine rings is 2. The molecule has 0 saturated heterocycles. The Morgan fingerprint density at radius 3 is 2.38 bits per heavy atom. The Bertz CT molecular complexity index is 946. The van der Waals surface area contributed by atoms with Crippen LogP contribution in [-0.4, -0.2) is 20.2 Å². The second-order valence-corrected chi connectivity index (χ2v) is 6.13. The number of hydrogen-bond acceptors (Lipinski definition) is 5. The summed E-state index contributed by atoms with van der Waals surface area (Å²) in [6.07, 6.45) is 2.01. The van der Waals surface area contributed by atoms with Crippen LogP contribution in [0.4, 0.5) is 24.5 Å². The maximum Gasteiger partial charge on any atom is 0.433 e. The van der Waals surface area contributed by atoms with E-state index in [1.807, 2.05) is 19.1 Å². The quantitative estimate of drug-likeness (QED) is 0.544. The summed E-state index contributed by atoms with van der Waals surface area (Å²) in [5, 5.41) is 13.1. The molecule has 0 aliphatic heterocycles. The molecule has 9 heteroatoms. The lowest BCUT2D eigenvalue weighted by molar-refractivity contribution is -0.141. The van der Waals surface area contributed by atoms with Crippen molar-refractivity contribution in [1.29, 1.82) is 0 Å². The van der Waals surface area contributed by atoms with Crippen molar-refractivity contribution in [2.75, 3.05) is 10.6 Å². The Balaban J connectivity index is 0.000000234. The van der Waals surface area contributed by atoms with Gasteiger partial charge in [0.1, 0.15) is 11.5 Å². The minimum Gasteiger partial charge on any atom is -0.341 e. The van der Waals surface area contributed by atoms with Crippen molar-refractivity contribution in [3.8, 4) is 0 Å². The Labute approximate surface area is 166 Å². The largest absolute Gasteiger partial charge is 0.433 e. The van der Waals surface area contributed by atoms with Gasteiger partial charge < -0.3 is 10.6 Å². The average Bonchev–Trinajstić information content (AvgIpc) is 3.11. The molecular formula is C20H21F3N6. The zero-order chi connectivity index (χ0) is 21.4. The van der Waals surface area contributed by atoms with E-state index >= 15 is 0 Å². The Kier molecular flexibility index (Phi) is 7.13. The van der Waals surface area contributed by atoms with Gasteiger partial charge in [0.05, 0.1) is 29.5 Å². The zero-order valence-corrected chi connectivity index (χ0v) is 16.0. The van der Waals surface area contributed by atoms with Gasteiger partial charge in [-0.15, -0.1) is 0 Å². The van der Waals surface area contributed by atoms with Crippen molar-refractivity contribution in [2.45, 2.75) is 20.0 Å². The lowest BCUT2D eigenvalue weighted by Crippen LogP contribution is -2.08. The molecule has 152 valence electrons. The number of allylic oxidation sites excluding steroid dienone is 1. The minimum absolute atomic E-state index is 0.645. The van der Waals surface area contributed by atoms with Crippen molar-refractivity contribution < 1.29 is 13.2 Å². The zero-order valence-electron chi connectivity index (χ0n) is 16.0. The predicted octanol–water partition coefficient (Wildman–Crippen LogP) is 5.24. The standard InChI is InChI=1S/C13H15N5.C7H6F3N/c1-9(2)13-12(8-15-18-13)17-10(3)16-11-5-4-6-14-7-11;1-5-2-3-6(11-4-5)7(8,9)10/h4-8,16-17H,1,3H2,2H3,(H,15,18);2-4H,1H3. The highest BCUT2D eigenvalue weighted by molar-refractivity contribution is 5.72. The van der Waals surface area contributed by atoms with Crippen LogP contribution in [0.25, 0.3) is 5.57 Å². The summed E-state index contributed by atoms with van der Waals surface area (Å²) in [6.45, 7) is 11.4. The molecule has 0 aliphatic rings. The van der Waals surface area contributed by atoms with Gasteiger partial charge in [-0.25, -0.2) is 0 Å². The number of hydrogen-bond donors (Lipinski definition) is 3. The Morgan fingerprint density at radius 1 is 1.07 bits per heavy atom. The topological polar surface area (TPSA) is 78.5 Å². The highest BCUT2D eigenvalue weighted by Crippen LogP contribution is 2.27. The third kappa shape index (κ3) is 6.80. The molecule has 3 heterocycles. The van der Waals surface area contributed by atoms with E-state index in [-0.39, 0.29) is 0 Å². The summed E-state index contributed by atoms with van der Waals surface area (Å²) in [5.41, 5.74) is 3.36. The van der Waals surface area contributed by atoms with Gasteiger partial charge >= 0.3 is 6.18 Å². The lowest BCUT2D eigenvalue weighted by Gasteiger charge is -2.11. The molecule has 6 nitrogen and oxygen atoms in total. The van der Waals surface area contributed by atoms with E-state index in [1.54, 1.807) is 25.5 Å². The first kappa shape index (κ1) is 21.7. The van der Waals surface area contributed by atoms with E-state index in [9.17, 15) is 13.2 Å². The molecular weight excluding hydrogens is 381 g/mol. The molecule has 3 aromatic heterocycles. The number of halogens is 3. The van der Waals surface area contributed by atoms with Crippen LogP contribution >= 0.6 is 0 Å². The second kappa shape index (κ2) is 9.54. The highest BCUT2D eigenvalue weighted by Gasteiger charge is 2.31. The van der Waals surface area contributed by atoms with Gasteiger partial charge in [-0.1, -0.05) is 19.2 Å². The number of nitrogens with zero attached hydrogens (tertiary/aromatic N) is 3. The predicted molar refractivity (Wildman–Crippen MR) is 108 cm³/mol. The number of aromatic amines is 1. The molecule has 0 unspecified atom stereocenters. The number of aromatic nitrogens is 4. The van der Waals surface area contributed by atoms with Gasteiger partial charge in [0, 0.05) is 12.4 Å². The number of nitrogens with one attached hydrogen (secondary N) is 3. The first-order valence-electron chi connectivity index (χ1n) is 8.49. The van der Waals surface area contributed by atoms with Gasteiger partial charge in [0.25, 0.3) is 0 Å². The molecule has 0 bridgehead atoms. The monoisotopic (exact) mass is 402 g/mol. The number of alkyl halides is 3. The molecule has 3 N–H and O–H groups in total. The first-order chi connectivity index (χ1) is 13.7. The summed E-state index contributed by atoms with van der Waals surface area (Å²) in [6, 6.07) is 6.12. The van der Waals surface area contributed by atoms with Gasteiger partial charge in [0.2, 0.25) is 0 Å². The van der Waals surface area contributed by atoms with Crippen molar-refractivity contribution in [3.63, 3.8) is 0 Å². The van der Waals surface area contributed by atoms with Crippen LogP contribution in [-0.2, 0) is 6.18 Å². The molecule has 3 rings (SSSR count). The number of H-pyrrole nitrogens is 1. The number of rotatable bonds is 5. The second-order valence-electron chi connectivity index (χ2n) is 6.13. The molecule has 0 aromatic carbocycles. The summed E-state index contributed by atoms with van der Waals surface area (Å²) in [4.78, 5) is 7.24. The van der Waals surface area contributed by atoms with Crippen LogP contribution < -0.4 is 10.6 Å². The average molecular weight is 402 g/mol. The van der Waals surface area contributed by atoms with Crippen LogP contribution in [0.15, 0.2) is 68.0 Å². The third-order valence-electron chi connectivity index (χ3n) is 3.51. The van der Waals surface area contributed by atoms with E-state index in [0.717, 1.165) is 34.3 Å². The molecule has 0 radical (unpaired) electrons. The SMILES string of the molecule is C=C(Nc1cccnc1)Nc1cn[nH]c1C(=C)C.Cc1ccc(C(F)(F)F)nc1. The molecule has 0 amide bonds. The van der Waals surface area contributed by atoms with Crippen molar-refractivity contribution in [3.05, 3.63) is 85.0 Å². The minimum atomic E-state index is -4.33. The lowest BCUT2D eigenvalue weighted by atomic mass is 10.2. The van der Waals surface area contributed by atoms with E-state index < -0.39 is 11.9 Å². The summed E-state index contributed by atoms with van der Waals surface area (Å²) in [5.74, 6) is 0.645. The fraction of sp³-hybridized carbons (Fsp3) is 0.150. The number of aryl methyl sites for hydroxylation is 1. The van der Waals surface area contributed by atoms with Crippen LogP contribution in [0.2, 0.25) is 0 Å². The first-order valence-corrected chi connectivity index (χ1v) is 8.49.